The number of carbonyl (C=O) groups excluding carboxylic acids is 2. The summed E-state index contributed by atoms with van der Waals surface area (Å²) >= 11 is 0. The van der Waals surface area contributed by atoms with Gasteiger partial charge in [0.05, 0.1) is 11.1 Å². The molecule has 94 valence electrons. The van der Waals surface area contributed by atoms with Gasteiger partial charge in [-0.05, 0) is 30.4 Å². The standard InChI is InChI=1S/C15H17NO2/c1-10(8-11-6-7-11)9-16-14(17)12-4-2-3-5-13(12)15(16)18/h2-5,10-11H,6-9H2,1H3/t10-/m1/s1. The Morgan fingerprint density at radius 2 is 1.72 bits per heavy atom. The van der Waals surface area contributed by atoms with Crippen molar-refractivity contribution in [3.8, 4) is 0 Å². The van der Waals surface area contributed by atoms with Crippen LogP contribution < -0.4 is 0 Å². The number of nitrogens with zero attached hydrogens (tertiary/aromatic N) is 1. The van der Waals surface area contributed by atoms with Crippen molar-refractivity contribution in [3.63, 3.8) is 0 Å². The molecule has 3 rings (SSSR count). The van der Waals surface area contributed by atoms with Crippen LogP contribution in [0, 0.1) is 11.8 Å². The van der Waals surface area contributed by atoms with Gasteiger partial charge < -0.3 is 0 Å². The molecule has 0 N–H and O–H groups in total. The van der Waals surface area contributed by atoms with E-state index in [0.717, 1.165) is 12.3 Å². The van der Waals surface area contributed by atoms with E-state index >= 15 is 0 Å². The van der Waals surface area contributed by atoms with E-state index in [1.807, 2.05) is 0 Å². The van der Waals surface area contributed by atoms with Crippen LogP contribution in [0.3, 0.4) is 0 Å². The number of hydrogen-bond acceptors (Lipinski definition) is 2. The highest BCUT2D eigenvalue weighted by molar-refractivity contribution is 6.21. The van der Waals surface area contributed by atoms with Crippen LogP contribution in [0.25, 0.3) is 0 Å². The first-order valence-electron chi connectivity index (χ1n) is 6.62. The van der Waals surface area contributed by atoms with Gasteiger partial charge in [-0.3, -0.25) is 14.5 Å². The summed E-state index contributed by atoms with van der Waals surface area (Å²) in [5, 5.41) is 0. The Hall–Kier alpha value is -1.64. The van der Waals surface area contributed by atoms with Crippen LogP contribution in [0.2, 0.25) is 0 Å². The molecule has 1 heterocycles. The van der Waals surface area contributed by atoms with Crippen LogP contribution in [0.4, 0.5) is 0 Å². The molecule has 3 nitrogen and oxygen atoms in total. The number of hydrogen-bond donors (Lipinski definition) is 0. The third-order valence-corrected chi connectivity index (χ3v) is 3.81. The first kappa shape index (κ1) is 11.5. The highest BCUT2D eigenvalue weighted by Crippen LogP contribution is 2.36. The Morgan fingerprint density at radius 3 is 2.22 bits per heavy atom. The van der Waals surface area contributed by atoms with Gasteiger partial charge in [0.15, 0.2) is 0 Å². The van der Waals surface area contributed by atoms with Gasteiger partial charge in [0.2, 0.25) is 0 Å². The SMILES string of the molecule is C[C@H](CC1CC1)CN1C(=O)c2ccccc2C1=O. The topological polar surface area (TPSA) is 37.4 Å². The third-order valence-electron chi connectivity index (χ3n) is 3.81. The van der Waals surface area contributed by atoms with Gasteiger partial charge in [-0.1, -0.05) is 31.9 Å². The lowest BCUT2D eigenvalue weighted by atomic mass is 10.0. The van der Waals surface area contributed by atoms with Crippen LogP contribution in [0.5, 0.6) is 0 Å². The molecular formula is C15H17NO2. The fraction of sp³-hybridized carbons (Fsp3) is 0.467. The summed E-state index contributed by atoms with van der Waals surface area (Å²) in [6.45, 7) is 2.69. The van der Waals surface area contributed by atoms with Crippen molar-refractivity contribution >= 4 is 11.8 Å². The molecule has 2 aliphatic rings. The summed E-state index contributed by atoms with van der Waals surface area (Å²) in [7, 11) is 0. The average molecular weight is 243 g/mol. The number of rotatable bonds is 4. The second kappa shape index (κ2) is 4.23. The average Bonchev–Trinajstić information content (AvgIpc) is 3.14. The number of carbonyl (C=O) groups is 2. The Balaban J connectivity index is 1.74. The predicted molar refractivity (Wildman–Crippen MR) is 68.3 cm³/mol. The molecule has 18 heavy (non-hydrogen) atoms. The van der Waals surface area contributed by atoms with Crippen LogP contribution in [0.1, 0.15) is 46.9 Å². The van der Waals surface area contributed by atoms with Crippen LogP contribution >= 0.6 is 0 Å². The summed E-state index contributed by atoms with van der Waals surface area (Å²) in [6, 6.07) is 7.09. The molecule has 0 aromatic heterocycles. The van der Waals surface area contributed by atoms with E-state index in [4.69, 9.17) is 0 Å². The molecule has 0 bridgehead atoms. The van der Waals surface area contributed by atoms with Crippen molar-refractivity contribution in [1.29, 1.82) is 0 Å². The molecule has 1 aromatic carbocycles. The number of imide groups is 1. The fourth-order valence-electron chi connectivity index (χ4n) is 2.71. The number of amides is 2. The zero-order valence-corrected chi connectivity index (χ0v) is 10.6. The smallest absolute Gasteiger partial charge is 0.261 e. The van der Waals surface area contributed by atoms with E-state index in [9.17, 15) is 9.59 Å². The van der Waals surface area contributed by atoms with Gasteiger partial charge in [0.1, 0.15) is 0 Å². The third kappa shape index (κ3) is 1.94. The lowest BCUT2D eigenvalue weighted by molar-refractivity contribution is 0.0629. The molecule has 1 aliphatic heterocycles. The Kier molecular flexibility index (Phi) is 2.69. The van der Waals surface area contributed by atoms with Gasteiger partial charge in [-0.2, -0.15) is 0 Å². The summed E-state index contributed by atoms with van der Waals surface area (Å²) < 4.78 is 0. The van der Waals surface area contributed by atoms with Crippen molar-refractivity contribution in [2.75, 3.05) is 6.54 Å². The Morgan fingerprint density at radius 1 is 1.17 bits per heavy atom. The summed E-state index contributed by atoms with van der Waals surface area (Å²) in [5.41, 5.74) is 1.11. The van der Waals surface area contributed by atoms with Gasteiger partial charge in [0.25, 0.3) is 11.8 Å². The largest absolute Gasteiger partial charge is 0.274 e. The second-order valence-electron chi connectivity index (χ2n) is 5.55. The zero-order valence-electron chi connectivity index (χ0n) is 10.6. The Bertz CT molecular complexity index is 470. The molecule has 0 unspecified atom stereocenters. The minimum Gasteiger partial charge on any atom is -0.274 e. The maximum Gasteiger partial charge on any atom is 0.261 e. The second-order valence-corrected chi connectivity index (χ2v) is 5.55. The highest BCUT2D eigenvalue weighted by atomic mass is 16.2. The van der Waals surface area contributed by atoms with Gasteiger partial charge >= 0.3 is 0 Å². The summed E-state index contributed by atoms with van der Waals surface area (Å²) in [6.07, 6.45) is 3.76. The zero-order chi connectivity index (χ0) is 12.7. The van der Waals surface area contributed by atoms with Crippen molar-refractivity contribution < 1.29 is 9.59 Å². The maximum atomic E-state index is 12.1. The molecule has 1 aromatic rings. The van der Waals surface area contributed by atoms with Crippen molar-refractivity contribution in [2.45, 2.75) is 26.2 Å². The van der Waals surface area contributed by atoms with Gasteiger partial charge in [-0.15, -0.1) is 0 Å². The molecule has 2 amide bonds. The van der Waals surface area contributed by atoms with Gasteiger partial charge in [-0.25, -0.2) is 0 Å². The number of fused-ring (bicyclic) bond motifs is 1. The minimum atomic E-state index is -0.127. The molecule has 1 atom stereocenters. The lowest BCUT2D eigenvalue weighted by Gasteiger charge is -2.19. The molecule has 1 aliphatic carbocycles. The minimum absolute atomic E-state index is 0.127. The summed E-state index contributed by atoms with van der Waals surface area (Å²) in [5.74, 6) is 0.978. The molecular weight excluding hydrogens is 226 g/mol. The summed E-state index contributed by atoms with van der Waals surface area (Å²) in [4.78, 5) is 25.7. The molecule has 0 radical (unpaired) electrons. The fourth-order valence-corrected chi connectivity index (χ4v) is 2.71. The first-order chi connectivity index (χ1) is 8.66. The predicted octanol–water partition coefficient (Wildman–Crippen LogP) is 2.72. The Labute approximate surface area is 107 Å². The van der Waals surface area contributed by atoms with Crippen LogP contribution in [-0.2, 0) is 0 Å². The van der Waals surface area contributed by atoms with E-state index in [2.05, 4.69) is 6.92 Å². The highest BCUT2D eigenvalue weighted by Gasteiger charge is 2.36. The van der Waals surface area contributed by atoms with Gasteiger partial charge in [0, 0.05) is 6.54 Å². The van der Waals surface area contributed by atoms with E-state index in [1.165, 1.54) is 17.7 Å². The lowest BCUT2D eigenvalue weighted by Crippen LogP contribution is -2.34. The normalized spacial score (nSPS) is 20.2. The quantitative estimate of drug-likeness (QED) is 0.762. The molecule has 1 fully saturated rings. The van der Waals surface area contributed by atoms with E-state index < -0.39 is 0 Å². The van der Waals surface area contributed by atoms with Crippen molar-refractivity contribution in [3.05, 3.63) is 35.4 Å². The van der Waals surface area contributed by atoms with Crippen molar-refractivity contribution in [1.82, 2.24) is 4.90 Å². The first-order valence-corrected chi connectivity index (χ1v) is 6.62. The monoisotopic (exact) mass is 243 g/mol. The van der Waals surface area contributed by atoms with Crippen LogP contribution in [0.15, 0.2) is 24.3 Å². The van der Waals surface area contributed by atoms with E-state index in [1.54, 1.807) is 24.3 Å². The van der Waals surface area contributed by atoms with Crippen LogP contribution in [-0.4, -0.2) is 23.3 Å². The van der Waals surface area contributed by atoms with Crippen molar-refractivity contribution in [2.24, 2.45) is 11.8 Å². The maximum absolute atomic E-state index is 12.1. The van der Waals surface area contributed by atoms with E-state index in [0.29, 0.717) is 23.6 Å². The molecule has 1 saturated carbocycles. The molecule has 0 saturated heterocycles. The number of benzene rings is 1. The molecule has 0 spiro atoms. The van der Waals surface area contributed by atoms with E-state index in [-0.39, 0.29) is 11.8 Å². The molecule has 3 heteroatoms.